The number of aromatic hydroxyl groups is 1. The third-order valence-electron chi connectivity index (χ3n) is 2.85. The molecular weight excluding hydrogens is 228 g/mol. The van der Waals surface area contributed by atoms with Gasteiger partial charge in [0, 0.05) is 5.69 Å². The molecule has 0 aliphatic rings. The van der Waals surface area contributed by atoms with Gasteiger partial charge in [-0.25, -0.2) is 0 Å². The summed E-state index contributed by atoms with van der Waals surface area (Å²) < 4.78 is 0. The zero-order chi connectivity index (χ0) is 12.7. The lowest BCUT2D eigenvalue weighted by Crippen LogP contribution is -1.94. The molecule has 0 aliphatic heterocycles. The number of nitrogens with one attached hydrogen (secondary N) is 1. The quantitative estimate of drug-likeness (QED) is 0.608. The minimum absolute atomic E-state index is 0.0531. The highest BCUT2D eigenvalue weighted by Crippen LogP contribution is 2.28. The molecule has 0 unspecified atom stereocenters. The predicted octanol–water partition coefficient (Wildman–Crippen LogP) is 2.22. The Morgan fingerprint density at radius 3 is 2.61 bits per heavy atom. The van der Waals surface area contributed by atoms with E-state index in [0.717, 1.165) is 11.3 Å². The predicted molar refractivity (Wildman–Crippen MR) is 70.1 cm³/mol. The number of H-pyrrole nitrogens is 1. The van der Waals surface area contributed by atoms with Gasteiger partial charge in [0.05, 0.1) is 5.39 Å². The van der Waals surface area contributed by atoms with E-state index in [9.17, 15) is 5.11 Å². The Labute approximate surface area is 103 Å². The highest BCUT2D eigenvalue weighted by molar-refractivity contribution is 5.87. The molecule has 0 aliphatic carbocycles. The van der Waals surface area contributed by atoms with Gasteiger partial charge in [0.25, 0.3) is 0 Å². The Hall–Kier alpha value is -2.56. The van der Waals surface area contributed by atoms with Gasteiger partial charge in [-0.2, -0.15) is 9.97 Å². The van der Waals surface area contributed by atoms with E-state index >= 15 is 0 Å². The van der Waals surface area contributed by atoms with Gasteiger partial charge in [0.15, 0.2) is 0 Å². The van der Waals surface area contributed by atoms with Crippen molar-refractivity contribution in [3.05, 3.63) is 35.9 Å². The van der Waals surface area contributed by atoms with Crippen molar-refractivity contribution in [2.75, 3.05) is 5.73 Å². The van der Waals surface area contributed by atoms with Gasteiger partial charge < -0.3 is 15.8 Å². The second kappa shape index (κ2) is 3.73. The second-order valence-corrected chi connectivity index (χ2v) is 4.22. The fraction of sp³-hybridized carbons (Fsp3) is 0.0769. The maximum Gasteiger partial charge on any atom is 0.225 e. The van der Waals surface area contributed by atoms with Crippen LogP contribution in [-0.4, -0.2) is 20.1 Å². The van der Waals surface area contributed by atoms with E-state index in [0.29, 0.717) is 11.0 Å². The molecule has 0 saturated carbocycles. The zero-order valence-corrected chi connectivity index (χ0v) is 9.81. The van der Waals surface area contributed by atoms with E-state index in [1.54, 1.807) is 0 Å². The molecule has 0 spiro atoms. The van der Waals surface area contributed by atoms with Crippen molar-refractivity contribution in [1.82, 2.24) is 15.0 Å². The summed E-state index contributed by atoms with van der Waals surface area (Å²) in [4.78, 5) is 10.9. The second-order valence-electron chi connectivity index (χ2n) is 4.22. The number of aryl methyl sites for hydroxylation is 1. The smallest absolute Gasteiger partial charge is 0.225 e. The Morgan fingerprint density at radius 1 is 1.17 bits per heavy atom. The van der Waals surface area contributed by atoms with Crippen LogP contribution in [0.1, 0.15) is 5.56 Å². The third-order valence-corrected chi connectivity index (χ3v) is 2.85. The molecule has 0 amide bonds. The normalized spacial score (nSPS) is 10.9. The van der Waals surface area contributed by atoms with E-state index < -0.39 is 0 Å². The Balaban J connectivity index is 2.19. The molecule has 5 heteroatoms. The van der Waals surface area contributed by atoms with Crippen LogP contribution in [-0.2, 0) is 0 Å². The summed E-state index contributed by atoms with van der Waals surface area (Å²) in [6, 6.07) is 9.89. The van der Waals surface area contributed by atoms with Crippen molar-refractivity contribution < 1.29 is 5.11 Å². The van der Waals surface area contributed by atoms with Gasteiger partial charge >= 0.3 is 0 Å². The lowest BCUT2D eigenvalue weighted by molar-refractivity contribution is 0.460. The van der Waals surface area contributed by atoms with Crippen molar-refractivity contribution in [2.45, 2.75) is 6.92 Å². The zero-order valence-electron chi connectivity index (χ0n) is 9.81. The number of anilines is 1. The van der Waals surface area contributed by atoms with E-state index in [4.69, 9.17) is 5.73 Å². The number of aromatic amines is 1. The minimum atomic E-state index is -0.105. The molecule has 2 heterocycles. The molecular formula is C13H12N4O. The van der Waals surface area contributed by atoms with Gasteiger partial charge in [-0.05, 0) is 18.6 Å². The summed E-state index contributed by atoms with van der Waals surface area (Å²) in [6.07, 6.45) is 0. The maximum absolute atomic E-state index is 9.71. The van der Waals surface area contributed by atoms with E-state index in [1.165, 1.54) is 5.56 Å². The average molecular weight is 240 g/mol. The van der Waals surface area contributed by atoms with E-state index in [-0.39, 0.29) is 11.8 Å². The minimum Gasteiger partial charge on any atom is -0.493 e. The van der Waals surface area contributed by atoms with Crippen molar-refractivity contribution in [3.8, 4) is 17.1 Å². The largest absolute Gasteiger partial charge is 0.493 e. The number of nitrogen functional groups attached to an aromatic ring is 1. The maximum atomic E-state index is 9.71. The fourth-order valence-corrected chi connectivity index (χ4v) is 1.90. The topological polar surface area (TPSA) is 87.8 Å². The molecule has 2 aromatic heterocycles. The van der Waals surface area contributed by atoms with Crippen molar-refractivity contribution in [3.63, 3.8) is 0 Å². The molecule has 0 saturated heterocycles. The monoisotopic (exact) mass is 240 g/mol. The van der Waals surface area contributed by atoms with Crippen molar-refractivity contribution in [2.24, 2.45) is 0 Å². The summed E-state index contributed by atoms with van der Waals surface area (Å²) in [5.74, 6) is -0.0515. The first-order chi connectivity index (χ1) is 8.63. The van der Waals surface area contributed by atoms with Crippen molar-refractivity contribution in [1.29, 1.82) is 0 Å². The van der Waals surface area contributed by atoms with Crippen LogP contribution in [0.3, 0.4) is 0 Å². The molecule has 90 valence electrons. The summed E-state index contributed by atoms with van der Waals surface area (Å²) in [6.45, 7) is 2.03. The Bertz CT molecular complexity index is 716. The molecule has 3 aromatic rings. The van der Waals surface area contributed by atoms with Crippen LogP contribution in [0.15, 0.2) is 30.3 Å². The van der Waals surface area contributed by atoms with Crippen LogP contribution in [0.25, 0.3) is 22.3 Å². The van der Waals surface area contributed by atoms with Crippen LogP contribution in [0, 0.1) is 6.92 Å². The van der Waals surface area contributed by atoms with Gasteiger partial charge in [-0.15, -0.1) is 0 Å². The van der Waals surface area contributed by atoms with E-state index in [2.05, 4.69) is 15.0 Å². The number of fused-ring (bicyclic) bond motifs is 1. The number of nitrogens with zero attached hydrogens (tertiary/aromatic N) is 2. The first kappa shape index (κ1) is 10.6. The number of hydrogen-bond acceptors (Lipinski definition) is 4. The lowest BCUT2D eigenvalue weighted by atomic mass is 10.1. The molecule has 18 heavy (non-hydrogen) atoms. The molecule has 0 bridgehead atoms. The van der Waals surface area contributed by atoms with Crippen LogP contribution in [0.2, 0.25) is 0 Å². The number of hydrogen-bond donors (Lipinski definition) is 3. The molecule has 5 nitrogen and oxygen atoms in total. The SMILES string of the molecule is Cc1ccc(-c2cc3c(O)nc(N)nc3[nH]2)cc1. The van der Waals surface area contributed by atoms with Gasteiger partial charge in [0.2, 0.25) is 11.8 Å². The number of benzene rings is 1. The van der Waals surface area contributed by atoms with Gasteiger partial charge in [0.1, 0.15) is 5.65 Å². The van der Waals surface area contributed by atoms with Crippen LogP contribution < -0.4 is 5.73 Å². The summed E-state index contributed by atoms with van der Waals surface area (Å²) in [5, 5.41) is 10.3. The molecule has 4 N–H and O–H groups in total. The van der Waals surface area contributed by atoms with Crippen LogP contribution in [0.5, 0.6) is 5.88 Å². The van der Waals surface area contributed by atoms with Crippen molar-refractivity contribution >= 4 is 17.0 Å². The molecule has 0 atom stereocenters. The molecule has 1 aromatic carbocycles. The molecule has 0 fully saturated rings. The number of aromatic nitrogens is 3. The van der Waals surface area contributed by atoms with Gasteiger partial charge in [-0.1, -0.05) is 29.8 Å². The molecule has 3 rings (SSSR count). The first-order valence-electron chi connectivity index (χ1n) is 5.56. The average Bonchev–Trinajstić information content (AvgIpc) is 2.74. The third kappa shape index (κ3) is 1.66. The number of rotatable bonds is 1. The van der Waals surface area contributed by atoms with Gasteiger partial charge in [-0.3, -0.25) is 0 Å². The molecule has 0 radical (unpaired) electrons. The standard InChI is InChI=1S/C13H12N4O/c1-7-2-4-8(5-3-7)10-6-9-11(15-10)16-13(14)17-12(9)18/h2-6H,1H3,(H4,14,15,16,17,18). The van der Waals surface area contributed by atoms with Crippen LogP contribution >= 0.6 is 0 Å². The summed E-state index contributed by atoms with van der Waals surface area (Å²) >= 11 is 0. The first-order valence-corrected chi connectivity index (χ1v) is 5.56. The summed E-state index contributed by atoms with van der Waals surface area (Å²) in [7, 11) is 0. The highest BCUT2D eigenvalue weighted by atomic mass is 16.3. The van der Waals surface area contributed by atoms with E-state index in [1.807, 2.05) is 37.3 Å². The lowest BCUT2D eigenvalue weighted by Gasteiger charge is -1.97. The number of nitrogens with two attached hydrogens (primary N) is 1. The highest BCUT2D eigenvalue weighted by Gasteiger charge is 2.09. The Kier molecular flexibility index (Phi) is 2.19. The fourth-order valence-electron chi connectivity index (χ4n) is 1.90. The summed E-state index contributed by atoms with van der Waals surface area (Å²) in [5.41, 5.74) is 9.12. The Morgan fingerprint density at radius 2 is 1.89 bits per heavy atom. The van der Waals surface area contributed by atoms with Crippen LogP contribution in [0.4, 0.5) is 5.95 Å².